The van der Waals surface area contributed by atoms with Gasteiger partial charge in [-0.05, 0) is 64.6 Å². The monoisotopic (exact) mass is 417 g/mol. The molecule has 0 spiro atoms. The maximum Gasteiger partial charge on any atom is 0.227 e. The topological polar surface area (TPSA) is 90.4 Å². The molecule has 2 aliphatic carbocycles. The maximum absolute atomic E-state index is 12.8. The van der Waals surface area contributed by atoms with Gasteiger partial charge in [-0.3, -0.25) is 4.79 Å². The number of nitrogens with zero attached hydrogens (tertiary/aromatic N) is 3. The molecule has 0 bridgehead atoms. The summed E-state index contributed by atoms with van der Waals surface area (Å²) in [5, 5.41) is 16.7. The number of anilines is 1. The van der Waals surface area contributed by atoms with Gasteiger partial charge in [0.2, 0.25) is 5.91 Å². The first kappa shape index (κ1) is 20.5. The van der Waals surface area contributed by atoms with Gasteiger partial charge in [-0.15, -0.1) is 11.3 Å². The summed E-state index contributed by atoms with van der Waals surface area (Å²) in [6, 6.07) is 1.08. The van der Waals surface area contributed by atoms with E-state index in [4.69, 9.17) is 5.11 Å². The lowest BCUT2D eigenvalue weighted by Crippen LogP contribution is -2.36. The van der Waals surface area contributed by atoms with Crippen molar-refractivity contribution in [2.75, 3.05) is 32.6 Å². The molecule has 0 saturated heterocycles. The molecule has 1 atom stereocenters. The minimum absolute atomic E-state index is 0.0539. The summed E-state index contributed by atoms with van der Waals surface area (Å²) in [6.45, 7) is 0.607. The molecule has 0 aromatic carbocycles. The van der Waals surface area contributed by atoms with Gasteiger partial charge in [-0.25, -0.2) is 9.97 Å². The highest BCUT2D eigenvalue weighted by atomic mass is 32.1. The van der Waals surface area contributed by atoms with E-state index in [-0.39, 0.29) is 18.4 Å². The Morgan fingerprint density at radius 1 is 1.24 bits per heavy atom. The number of rotatable bonds is 7. The number of fused-ring (bicyclic) bond motifs is 3. The third-order valence-electron chi connectivity index (χ3n) is 6.33. The van der Waals surface area contributed by atoms with Crippen LogP contribution in [-0.4, -0.2) is 65.2 Å². The van der Waals surface area contributed by atoms with Gasteiger partial charge in [0.25, 0.3) is 0 Å². The van der Waals surface area contributed by atoms with E-state index in [1.54, 1.807) is 17.7 Å². The number of aryl methyl sites for hydroxylation is 1. The highest BCUT2D eigenvalue weighted by Gasteiger charge is 2.34. The summed E-state index contributed by atoms with van der Waals surface area (Å²) >= 11 is 1.70. The van der Waals surface area contributed by atoms with E-state index in [9.17, 15) is 4.79 Å². The molecule has 0 aliphatic heterocycles. The van der Waals surface area contributed by atoms with Crippen molar-refractivity contribution in [3.05, 3.63) is 16.8 Å². The van der Waals surface area contributed by atoms with Crippen LogP contribution in [0.1, 0.15) is 54.9 Å². The molecule has 8 heteroatoms. The van der Waals surface area contributed by atoms with Crippen molar-refractivity contribution in [3.8, 4) is 0 Å². The Kier molecular flexibility index (Phi) is 6.32. The molecular weight excluding hydrogens is 386 g/mol. The Labute approximate surface area is 175 Å². The molecule has 1 amide bonds. The third-order valence-corrected chi connectivity index (χ3v) is 7.50. The second-order valence-electron chi connectivity index (χ2n) is 8.41. The highest BCUT2D eigenvalue weighted by Crippen LogP contribution is 2.45. The molecule has 2 aromatic heterocycles. The fraction of sp³-hybridized carbons (Fsp3) is 0.667. The average molecular weight is 418 g/mol. The van der Waals surface area contributed by atoms with Crippen LogP contribution in [0, 0.1) is 0 Å². The number of hydrogen-bond donors (Lipinski definition) is 3. The largest absolute Gasteiger partial charge is 0.396 e. The summed E-state index contributed by atoms with van der Waals surface area (Å²) in [5.74, 6) is 0.794. The second-order valence-corrected chi connectivity index (χ2v) is 9.50. The molecule has 7 nitrogen and oxygen atoms in total. The lowest BCUT2D eigenvalue weighted by molar-refractivity contribution is -0.122. The zero-order chi connectivity index (χ0) is 20.4. The molecule has 2 aliphatic rings. The van der Waals surface area contributed by atoms with Crippen LogP contribution < -0.4 is 10.6 Å². The van der Waals surface area contributed by atoms with Crippen LogP contribution in [0.5, 0.6) is 0 Å². The predicted octanol–water partition coefficient (Wildman–Crippen LogP) is 2.50. The SMILES string of the molecule is CN(C)C1CCC(Nc2ncnc3sc4c(c23)C(C(=O)NCCCO)CC4)CC1. The molecule has 4 rings (SSSR count). The Hall–Kier alpha value is -1.77. The third kappa shape index (κ3) is 4.25. The average Bonchev–Trinajstić information content (AvgIpc) is 3.28. The Bertz CT molecular complexity index is 860. The van der Waals surface area contributed by atoms with Crippen LogP contribution in [-0.2, 0) is 11.2 Å². The first-order valence-corrected chi connectivity index (χ1v) is 11.5. The first-order chi connectivity index (χ1) is 14.1. The van der Waals surface area contributed by atoms with Crippen molar-refractivity contribution in [2.45, 2.75) is 62.9 Å². The molecule has 29 heavy (non-hydrogen) atoms. The van der Waals surface area contributed by atoms with Gasteiger partial charge >= 0.3 is 0 Å². The highest BCUT2D eigenvalue weighted by molar-refractivity contribution is 7.19. The van der Waals surface area contributed by atoms with Crippen molar-refractivity contribution >= 4 is 33.3 Å². The first-order valence-electron chi connectivity index (χ1n) is 10.7. The van der Waals surface area contributed by atoms with Crippen LogP contribution in [0.2, 0.25) is 0 Å². The van der Waals surface area contributed by atoms with E-state index in [1.807, 2.05) is 0 Å². The Morgan fingerprint density at radius 2 is 2.03 bits per heavy atom. The number of aliphatic hydroxyl groups is 1. The summed E-state index contributed by atoms with van der Waals surface area (Å²) in [7, 11) is 4.32. The predicted molar refractivity (Wildman–Crippen MR) is 117 cm³/mol. The Morgan fingerprint density at radius 3 is 2.76 bits per heavy atom. The van der Waals surface area contributed by atoms with Crippen LogP contribution in [0.25, 0.3) is 10.2 Å². The second kappa shape index (κ2) is 8.93. The van der Waals surface area contributed by atoms with Crippen LogP contribution in [0.15, 0.2) is 6.33 Å². The minimum Gasteiger partial charge on any atom is -0.396 e. The van der Waals surface area contributed by atoms with Crippen molar-refractivity contribution in [1.29, 1.82) is 0 Å². The molecule has 1 saturated carbocycles. The quantitative estimate of drug-likeness (QED) is 0.600. The van der Waals surface area contributed by atoms with E-state index in [0.717, 1.165) is 47.3 Å². The zero-order valence-electron chi connectivity index (χ0n) is 17.3. The fourth-order valence-corrected chi connectivity index (χ4v) is 5.91. The summed E-state index contributed by atoms with van der Waals surface area (Å²) in [4.78, 5) is 26.4. The molecule has 1 fully saturated rings. The normalized spacial score (nSPS) is 24.1. The zero-order valence-corrected chi connectivity index (χ0v) is 18.1. The van der Waals surface area contributed by atoms with Gasteiger partial charge < -0.3 is 20.6 Å². The molecule has 0 radical (unpaired) electrons. The van der Waals surface area contributed by atoms with E-state index in [0.29, 0.717) is 25.0 Å². The van der Waals surface area contributed by atoms with Crippen LogP contribution >= 0.6 is 11.3 Å². The number of hydrogen-bond acceptors (Lipinski definition) is 7. The van der Waals surface area contributed by atoms with Crippen molar-refractivity contribution in [3.63, 3.8) is 0 Å². The summed E-state index contributed by atoms with van der Waals surface area (Å²) < 4.78 is 0. The number of nitrogens with one attached hydrogen (secondary N) is 2. The number of aromatic nitrogens is 2. The van der Waals surface area contributed by atoms with E-state index >= 15 is 0 Å². The van der Waals surface area contributed by atoms with Crippen LogP contribution in [0.4, 0.5) is 5.82 Å². The number of aliphatic hydroxyl groups excluding tert-OH is 1. The van der Waals surface area contributed by atoms with Gasteiger partial charge in [-0.2, -0.15) is 0 Å². The fourth-order valence-electron chi connectivity index (χ4n) is 4.69. The number of thiophene rings is 1. The number of carbonyl (C=O) groups is 1. The molecule has 2 heterocycles. The molecule has 158 valence electrons. The van der Waals surface area contributed by atoms with Gasteiger partial charge in [-0.1, -0.05) is 0 Å². The van der Waals surface area contributed by atoms with Gasteiger partial charge in [0.05, 0.1) is 11.3 Å². The molecular formula is C21H31N5O2S. The van der Waals surface area contributed by atoms with Crippen molar-refractivity contribution in [2.24, 2.45) is 0 Å². The van der Waals surface area contributed by atoms with Crippen molar-refractivity contribution < 1.29 is 9.90 Å². The standard InChI is InChI=1S/C21H31N5O2S/c1-26(2)14-6-4-13(5-7-14)25-19-18-17-15(20(28)22-10-3-11-27)8-9-16(17)29-21(18)24-12-23-19/h12-15,27H,3-11H2,1-2H3,(H,22,28)(H,23,24,25). The van der Waals surface area contributed by atoms with E-state index in [2.05, 4.69) is 39.6 Å². The molecule has 3 N–H and O–H groups in total. The van der Waals surface area contributed by atoms with Crippen molar-refractivity contribution in [1.82, 2.24) is 20.2 Å². The number of amides is 1. The van der Waals surface area contributed by atoms with E-state index < -0.39 is 0 Å². The lowest BCUT2D eigenvalue weighted by atomic mass is 9.90. The van der Waals surface area contributed by atoms with Gasteiger partial charge in [0, 0.05) is 30.1 Å². The van der Waals surface area contributed by atoms with Crippen LogP contribution in [0.3, 0.4) is 0 Å². The number of carbonyl (C=O) groups excluding carboxylic acids is 1. The lowest BCUT2D eigenvalue weighted by Gasteiger charge is -2.33. The van der Waals surface area contributed by atoms with Gasteiger partial charge in [0.15, 0.2) is 0 Å². The Balaban J connectivity index is 1.55. The smallest absolute Gasteiger partial charge is 0.227 e. The maximum atomic E-state index is 12.8. The minimum atomic E-state index is -0.145. The summed E-state index contributed by atoms with van der Waals surface area (Å²) in [6.07, 6.45) is 8.62. The van der Waals surface area contributed by atoms with Gasteiger partial charge in [0.1, 0.15) is 17.0 Å². The molecule has 1 unspecified atom stereocenters. The summed E-state index contributed by atoms with van der Waals surface area (Å²) in [5.41, 5.74) is 1.12. The molecule has 2 aromatic rings. The van der Waals surface area contributed by atoms with E-state index in [1.165, 1.54) is 17.7 Å².